The zero-order chi connectivity index (χ0) is 20.2. The second-order valence-corrected chi connectivity index (χ2v) is 6.15. The van der Waals surface area contributed by atoms with Gasteiger partial charge in [-0.25, -0.2) is 0 Å². The molecule has 1 aromatic rings. The topological polar surface area (TPSA) is 98.7 Å². The minimum atomic E-state index is -4.83. The van der Waals surface area contributed by atoms with Crippen molar-refractivity contribution in [1.29, 1.82) is 0 Å². The Kier molecular flexibility index (Phi) is 8.25. The first-order valence-corrected chi connectivity index (χ1v) is 8.39. The number of anilines is 2. The van der Waals surface area contributed by atoms with Crippen molar-refractivity contribution in [2.45, 2.75) is 44.4 Å². The second-order valence-electron chi connectivity index (χ2n) is 6.15. The van der Waals surface area contributed by atoms with E-state index in [0.29, 0.717) is 11.3 Å². The average Bonchev–Trinajstić information content (AvgIpc) is 2.73. The van der Waals surface area contributed by atoms with E-state index in [1.165, 1.54) is 24.3 Å². The van der Waals surface area contributed by atoms with Crippen molar-refractivity contribution in [2.75, 3.05) is 16.8 Å². The van der Waals surface area contributed by atoms with Crippen molar-refractivity contribution >= 4 is 41.6 Å². The molecule has 156 valence electrons. The number of benzene rings is 1. The lowest BCUT2D eigenvalue weighted by atomic mass is 10.1. The molecule has 2 amide bonds. The maximum Gasteiger partial charge on any atom is 0.409 e. The molecule has 1 aromatic carbocycles. The van der Waals surface area contributed by atoms with Crippen LogP contribution in [0.3, 0.4) is 0 Å². The van der Waals surface area contributed by atoms with Gasteiger partial charge in [0.15, 0.2) is 0 Å². The number of carbonyl (C=O) groups excluding carboxylic acids is 2. The van der Waals surface area contributed by atoms with Gasteiger partial charge in [-0.05, 0) is 18.6 Å². The average molecular weight is 424 g/mol. The van der Waals surface area contributed by atoms with Gasteiger partial charge in [0.05, 0.1) is 24.3 Å². The van der Waals surface area contributed by atoms with Crippen molar-refractivity contribution in [3.8, 4) is 0 Å². The number of nitrogens with one attached hydrogen (secondary N) is 2. The fourth-order valence-corrected chi connectivity index (χ4v) is 2.89. The molecule has 0 fully saturated rings. The van der Waals surface area contributed by atoms with Crippen LogP contribution in [0.15, 0.2) is 24.3 Å². The Balaban J connectivity index is 0.00000392. The summed E-state index contributed by atoms with van der Waals surface area (Å²) in [4.78, 5) is 36.2. The van der Waals surface area contributed by atoms with Gasteiger partial charge in [0, 0.05) is 0 Å². The van der Waals surface area contributed by atoms with Crippen molar-refractivity contribution in [1.82, 2.24) is 5.32 Å². The van der Waals surface area contributed by atoms with E-state index < -0.39 is 49.0 Å². The molecule has 0 aromatic heterocycles. The number of alkyl halides is 3. The zero-order valence-electron chi connectivity index (χ0n) is 15.0. The van der Waals surface area contributed by atoms with Crippen molar-refractivity contribution in [3.63, 3.8) is 0 Å². The van der Waals surface area contributed by atoms with Crippen LogP contribution < -0.4 is 15.5 Å². The fourth-order valence-electron chi connectivity index (χ4n) is 2.89. The molecule has 1 aliphatic rings. The number of amides is 2. The van der Waals surface area contributed by atoms with Gasteiger partial charge in [-0.3, -0.25) is 24.6 Å². The quantitative estimate of drug-likeness (QED) is 0.653. The highest BCUT2D eigenvalue weighted by Gasteiger charge is 2.48. The highest BCUT2D eigenvalue weighted by molar-refractivity contribution is 6.05. The highest BCUT2D eigenvalue weighted by Crippen LogP contribution is 2.37. The Hall–Kier alpha value is -2.33. The van der Waals surface area contributed by atoms with E-state index >= 15 is 0 Å². The van der Waals surface area contributed by atoms with E-state index in [-0.39, 0.29) is 30.2 Å². The standard InChI is InChI=1S/C17H20F3N3O4.ClH/c1-2-5-11(16(26)27)21-9-15(25)23-12-7-4-3-6-10(12)22-14(24)8-13(23)17(18,19)20;/h3-4,6-7,11,13,21H,2,5,8-9H2,1H3,(H,22,24)(H,26,27);1H. The summed E-state index contributed by atoms with van der Waals surface area (Å²) in [5.41, 5.74) is 0.00536. The van der Waals surface area contributed by atoms with Gasteiger partial charge in [0.2, 0.25) is 11.8 Å². The number of carbonyl (C=O) groups is 3. The number of aliphatic carboxylic acids is 1. The second kappa shape index (κ2) is 9.74. The molecule has 0 aliphatic carbocycles. The van der Waals surface area contributed by atoms with Crippen LogP contribution in [0.25, 0.3) is 0 Å². The van der Waals surface area contributed by atoms with Gasteiger partial charge in [-0.1, -0.05) is 25.5 Å². The van der Waals surface area contributed by atoms with E-state index in [4.69, 9.17) is 5.11 Å². The van der Waals surface area contributed by atoms with Crippen LogP contribution in [0, 0.1) is 0 Å². The molecule has 0 saturated heterocycles. The molecule has 7 nitrogen and oxygen atoms in total. The first-order chi connectivity index (χ1) is 12.6. The number of halogens is 4. The third-order valence-electron chi connectivity index (χ3n) is 4.15. The third kappa shape index (κ3) is 5.59. The molecular weight excluding hydrogens is 403 g/mol. The van der Waals surface area contributed by atoms with Crippen LogP contribution in [-0.2, 0) is 14.4 Å². The van der Waals surface area contributed by atoms with Gasteiger partial charge in [0.1, 0.15) is 12.1 Å². The lowest BCUT2D eigenvalue weighted by molar-refractivity contribution is -0.157. The number of hydrogen-bond donors (Lipinski definition) is 3. The number of carboxylic acid groups (broad SMARTS) is 1. The largest absolute Gasteiger partial charge is 0.480 e. The summed E-state index contributed by atoms with van der Waals surface area (Å²) < 4.78 is 40.7. The van der Waals surface area contributed by atoms with Crippen molar-refractivity contribution in [2.24, 2.45) is 0 Å². The number of para-hydroxylation sites is 2. The van der Waals surface area contributed by atoms with E-state index in [1.54, 1.807) is 6.92 Å². The summed E-state index contributed by atoms with van der Waals surface area (Å²) >= 11 is 0. The minimum absolute atomic E-state index is 0. The lowest BCUT2D eigenvalue weighted by Gasteiger charge is -2.32. The van der Waals surface area contributed by atoms with E-state index in [1.807, 2.05) is 0 Å². The molecule has 2 unspecified atom stereocenters. The Morgan fingerprint density at radius 1 is 1.36 bits per heavy atom. The molecule has 0 radical (unpaired) electrons. The van der Waals surface area contributed by atoms with Gasteiger partial charge in [-0.15, -0.1) is 12.4 Å². The predicted octanol–water partition coefficient (Wildman–Crippen LogP) is 2.56. The maximum absolute atomic E-state index is 13.6. The number of hydrogen-bond acceptors (Lipinski definition) is 4. The number of nitrogens with zero attached hydrogens (tertiary/aromatic N) is 1. The smallest absolute Gasteiger partial charge is 0.409 e. The van der Waals surface area contributed by atoms with Gasteiger partial charge >= 0.3 is 12.1 Å². The minimum Gasteiger partial charge on any atom is -0.480 e. The van der Waals surface area contributed by atoms with Gasteiger partial charge in [0.25, 0.3) is 0 Å². The first-order valence-electron chi connectivity index (χ1n) is 8.39. The molecule has 2 rings (SSSR count). The Bertz CT molecular complexity index is 730. The monoisotopic (exact) mass is 423 g/mol. The predicted molar refractivity (Wildman–Crippen MR) is 98.6 cm³/mol. The van der Waals surface area contributed by atoms with E-state index in [9.17, 15) is 27.6 Å². The van der Waals surface area contributed by atoms with E-state index in [0.717, 1.165) is 0 Å². The van der Waals surface area contributed by atoms with Crippen molar-refractivity contribution < 1.29 is 32.7 Å². The Labute approximate surface area is 165 Å². The summed E-state index contributed by atoms with van der Waals surface area (Å²) in [5, 5.41) is 14.0. The molecule has 1 aliphatic heterocycles. The first kappa shape index (κ1) is 23.7. The normalized spacial score (nSPS) is 17.6. The molecule has 11 heteroatoms. The van der Waals surface area contributed by atoms with Crippen LogP contribution in [-0.4, -0.2) is 47.7 Å². The van der Waals surface area contributed by atoms with Crippen LogP contribution in [0.5, 0.6) is 0 Å². The lowest BCUT2D eigenvalue weighted by Crippen LogP contribution is -2.53. The molecule has 1 heterocycles. The molecule has 2 atom stereocenters. The third-order valence-corrected chi connectivity index (χ3v) is 4.15. The number of rotatable bonds is 6. The van der Waals surface area contributed by atoms with Gasteiger partial charge < -0.3 is 10.4 Å². The molecule has 28 heavy (non-hydrogen) atoms. The summed E-state index contributed by atoms with van der Waals surface area (Å²) in [7, 11) is 0. The van der Waals surface area contributed by atoms with Crippen LogP contribution >= 0.6 is 12.4 Å². The molecule has 0 spiro atoms. The molecule has 0 saturated carbocycles. The van der Waals surface area contributed by atoms with Crippen LogP contribution in [0.4, 0.5) is 24.5 Å². The summed E-state index contributed by atoms with van der Waals surface area (Å²) in [5.74, 6) is -3.02. The fraction of sp³-hybridized carbons (Fsp3) is 0.471. The van der Waals surface area contributed by atoms with Crippen LogP contribution in [0.1, 0.15) is 26.2 Å². The zero-order valence-corrected chi connectivity index (χ0v) is 15.8. The summed E-state index contributed by atoms with van der Waals surface area (Å²) in [6.07, 6.45) is -5.03. The number of fused-ring (bicyclic) bond motifs is 1. The SMILES string of the molecule is CCCC(NCC(=O)N1c2ccccc2NC(=O)CC1C(F)(F)F)C(=O)O.Cl. The summed E-state index contributed by atoms with van der Waals surface area (Å²) in [6.45, 7) is 1.15. The molecular formula is C17H21ClF3N3O4. The van der Waals surface area contributed by atoms with Crippen LogP contribution in [0.2, 0.25) is 0 Å². The Morgan fingerprint density at radius 2 is 2.00 bits per heavy atom. The highest BCUT2D eigenvalue weighted by atomic mass is 35.5. The maximum atomic E-state index is 13.6. The van der Waals surface area contributed by atoms with Crippen molar-refractivity contribution in [3.05, 3.63) is 24.3 Å². The number of carboxylic acids is 1. The summed E-state index contributed by atoms with van der Waals surface area (Å²) in [6, 6.07) is 2.29. The molecule has 3 N–H and O–H groups in total. The van der Waals surface area contributed by atoms with E-state index in [2.05, 4.69) is 10.6 Å². The molecule has 0 bridgehead atoms. The van der Waals surface area contributed by atoms with Gasteiger partial charge in [-0.2, -0.15) is 13.2 Å². The Morgan fingerprint density at radius 3 is 2.57 bits per heavy atom.